The van der Waals surface area contributed by atoms with Crippen LogP contribution in [-0.2, 0) is 9.53 Å². The van der Waals surface area contributed by atoms with Gasteiger partial charge >= 0.3 is 5.97 Å². The molecule has 0 radical (unpaired) electrons. The van der Waals surface area contributed by atoms with E-state index in [4.69, 9.17) is 25.8 Å². The third kappa shape index (κ3) is 5.10. The van der Waals surface area contributed by atoms with Crippen LogP contribution >= 0.6 is 11.6 Å². The first-order valence-electron chi connectivity index (χ1n) is 8.09. The van der Waals surface area contributed by atoms with E-state index in [1.165, 1.54) is 39.3 Å². The van der Waals surface area contributed by atoms with Gasteiger partial charge in [-0.1, -0.05) is 17.7 Å². The Morgan fingerprint density at radius 3 is 2.46 bits per heavy atom. The van der Waals surface area contributed by atoms with Crippen LogP contribution in [0.3, 0.4) is 0 Å². The molecule has 6 nitrogen and oxygen atoms in total. The average molecular weight is 414 g/mol. The van der Waals surface area contributed by atoms with Gasteiger partial charge < -0.3 is 19.5 Å². The maximum atomic E-state index is 13.7. The number of benzene rings is 2. The van der Waals surface area contributed by atoms with E-state index in [-0.39, 0.29) is 27.6 Å². The first kappa shape index (κ1) is 21.4. The third-order valence-electron chi connectivity index (χ3n) is 3.81. The van der Waals surface area contributed by atoms with Crippen LogP contribution in [0.2, 0.25) is 5.02 Å². The first-order valence-corrected chi connectivity index (χ1v) is 8.47. The van der Waals surface area contributed by atoms with Crippen molar-refractivity contribution in [1.29, 1.82) is 0 Å². The van der Waals surface area contributed by atoms with Crippen molar-refractivity contribution in [1.82, 2.24) is 5.32 Å². The second kappa shape index (κ2) is 9.36. The predicted molar refractivity (Wildman–Crippen MR) is 97.8 cm³/mol. The van der Waals surface area contributed by atoms with Crippen LogP contribution in [0.5, 0.6) is 11.5 Å². The van der Waals surface area contributed by atoms with Crippen molar-refractivity contribution in [3.63, 3.8) is 0 Å². The summed E-state index contributed by atoms with van der Waals surface area (Å²) in [6.45, 7) is 0.919. The molecular formula is C19H18ClF2NO5. The minimum Gasteiger partial charge on any atom is -0.493 e. The molecule has 0 aliphatic rings. The van der Waals surface area contributed by atoms with Crippen LogP contribution in [0.25, 0.3) is 0 Å². The lowest BCUT2D eigenvalue weighted by Crippen LogP contribution is -2.31. The van der Waals surface area contributed by atoms with Crippen molar-refractivity contribution in [3.8, 4) is 11.5 Å². The number of nitrogens with one attached hydrogen (secondary N) is 1. The van der Waals surface area contributed by atoms with Crippen molar-refractivity contribution in [2.24, 2.45) is 0 Å². The van der Waals surface area contributed by atoms with Gasteiger partial charge in [-0.15, -0.1) is 0 Å². The number of ether oxygens (including phenoxy) is 3. The molecule has 0 aliphatic carbocycles. The maximum absolute atomic E-state index is 13.7. The molecule has 2 aromatic rings. The fraction of sp³-hybridized carbons (Fsp3) is 0.263. The highest BCUT2D eigenvalue weighted by atomic mass is 35.5. The summed E-state index contributed by atoms with van der Waals surface area (Å²) in [5.41, 5.74) is 0.167. The van der Waals surface area contributed by atoms with Gasteiger partial charge in [-0.25, -0.2) is 13.6 Å². The van der Waals surface area contributed by atoms with E-state index in [0.29, 0.717) is 0 Å². The molecule has 1 atom stereocenters. The van der Waals surface area contributed by atoms with E-state index < -0.39 is 36.2 Å². The fourth-order valence-corrected chi connectivity index (χ4v) is 2.75. The summed E-state index contributed by atoms with van der Waals surface area (Å²) in [6, 6.07) is 4.97. The number of halogens is 3. The molecule has 0 saturated carbocycles. The highest BCUT2D eigenvalue weighted by Gasteiger charge is 2.19. The Kier molecular flexibility index (Phi) is 7.17. The van der Waals surface area contributed by atoms with Gasteiger partial charge in [0.15, 0.2) is 18.1 Å². The van der Waals surface area contributed by atoms with Crippen LogP contribution < -0.4 is 14.8 Å². The van der Waals surface area contributed by atoms with Crippen LogP contribution in [0.15, 0.2) is 30.3 Å². The number of carbonyl (C=O) groups is 2. The van der Waals surface area contributed by atoms with E-state index in [9.17, 15) is 18.4 Å². The average Bonchev–Trinajstić information content (AvgIpc) is 2.65. The van der Waals surface area contributed by atoms with Gasteiger partial charge in [-0.3, -0.25) is 4.79 Å². The second-order valence-electron chi connectivity index (χ2n) is 5.72. The zero-order chi connectivity index (χ0) is 20.8. The van der Waals surface area contributed by atoms with E-state index in [1.807, 2.05) is 0 Å². The number of hydrogen-bond donors (Lipinski definition) is 1. The molecule has 0 saturated heterocycles. The number of methoxy groups -OCH3 is 2. The number of hydrogen-bond acceptors (Lipinski definition) is 5. The minimum atomic E-state index is -0.807. The van der Waals surface area contributed by atoms with E-state index >= 15 is 0 Å². The lowest BCUT2D eigenvalue weighted by Gasteiger charge is -2.15. The van der Waals surface area contributed by atoms with Crippen LogP contribution in [0.1, 0.15) is 28.9 Å². The molecule has 150 valence electrons. The quantitative estimate of drug-likeness (QED) is 0.701. The Bertz CT molecular complexity index is 891. The predicted octanol–water partition coefficient (Wildman–Crippen LogP) is 3.67. The molecule has 0 aliphatic heterocycles. The molecule has 2 rings (SSSR count). The number of esters is 1. The smallest absolute Gasteiger partial charge is 0.338 e. The molecule has 28 heavy (non-hydrogen) atoms. The highest BCUT2D eigenvalue weighted by Crippen LogP contribution is 2.36. The molecular weight excluding hydrogens is 396 g/mol. The monoisotopic (exact) mass is 413 g/mol. The Morgan fingerprint density at radius 1 is 1.14 bits per heavy atom. The lowest BCUT2D eigenvalue weighted by atomic mass is 10.1. The largest absolute Gasteiger partial charge is 0.493 e. The van der Waals surface area contributed by atoms with Gasteiger partial charge in [0, 0.05) is 11.6 Å². The number of amides is 1. The van der Waals surface area contributed by atoms with Crippen molar-refractivity contribution >= 4 is 23.5 Å². The molecule has 2 aromatic carbocycles. The van der Waals surface area contributed by atoms with Crippen molar-refractivity contribution in [2.45, 2.75) is 13.0 Å². The first-order chi connectivity index (χ1) is 13.3. The van der Waals surface area contributed by atoms with Crippen LogP contribution in [0.4, 0.5) is 8.78 Å². The van der Waals surface area contributed by atoms with Gasteiger partial charge in [0.2, 0.25) is 0 Å². The molecule has 1 amide bonds. The Hall–Kier alpha value is -2.87. The van der Waals surface area contributed by atoms with E-state index in [2.05, 4.69) is 5.32 Å². The third-order valence-corrected chi connectivity index (χ3v) is 4.09. The molecule has 0 aromatic heterocycles. The maximum Gasteiger partial charge on any atom is 0.338 e. The van der Waals surface area contributed by atoms with Crippen molar-refractivity contribution in [3.05, 3.63) is 58.1 Å². The van der Waals surface area contributed by atoms with Crippen molar-refractivity contribution < 1.29 is 32.6 Å². The van der Waals surface area contributed by atoms with E-state index in [1.54, 1.807) is 0 Å². The molecule has 9 heteroatoms. The summed E-state index contributed by atoms with van der Waals surface area (Å²) >= 11 is 6.03. The standard InChI is InChI=1S/C19H18ClF2NO5/c1-10(13-5-4-12(21)8-15(13)22)23-17(24)9-28-19(25)11-6-14(20)18(27-3)16(7-11)26-2/h4-8,10H,9H2,1-3H3,(H,23,24)/t10-/m0/s1. The van der Waals surface area contributed by atoms with Gasteiger partial charge in [0.05, 0.1) is 30.8 Å². The second-order valence-corrected chi connectivity index (χ2v) is 6.13. The molecule has 0 spiro atoms. The number of carbonyl (C=O) groups excluding carboxylic acids is 2. The Morgan fingerprint density at radius 2 is 1.86 bits per heavy atom. The summed E-state index contributed by atoms with van der Waals surface area (Å²) in [5, 5.41) is 2.60. The lowest BCUT2D eigenvalue weighted by molar-refractivity contribution is -0.124. The highest BCUT2D eigenvalue weighted by molar-refractivity contribution is 6.32. The summed E-state index contributed by atoms with van der Waals surface area (Å²) in [4.78, 5) is 24.1. The van der Waals surface area contributed by atoms with Crippen LogP contribution in [-0.4, -0.2) is 32.7 Å². The topological polar surface area (TPSA) is 73.9 Å². The SMILES string of the molecule is COc1cc(C(=O)OCC(=O)N[C@@H](C)c2ccc(F)cc2F)cc(Cl)c1OC. The Labute approximate surface area is 165 Å². The number of rotatable bonds is 7. The minimum absolute atomic E-state index is 0.0630. The summed E-state index contributed by atoms with van der Waals surface area (Å²) < 4.78 is 41.8. The zero-order valence-corrected chi connectivity index (χ0v) is 16.1. The normalized spacial score (nSPS) is 11.5. The van der Waals surface area contributed by atoms with Gasteiger partial charge in [-0.2, -0.15) is 0 Å². The van der Waals surface area contributed by atoms with E-state index in [0.717, 1.165) is 12.1 Å². The zero-order valence-electron chi connectivity index (χ0n) is 15.3. The van der Waals surface area contributed by atoms with Gasteiger partial charge in [0.25, 0.3) is 5.91 Å². The summed E-state index contributed by atoms with van der Waals surface area (Å²) in [5.74, 6) is -2.48. The molecule has 0 unspecified atom stereocenters. The molecule has 0 fully saturated rings. The molecule has 1 N–H and O–H groups in total. The van der Waals surface area contributed by atoms with Gasteiger partial charge in [0.1, 0.15) is 11.6 Å². The molecule has 0 heterocycles. The molecule has 0 bridgehead atoms. The van der Waals surface area contributed by atoms with Crippen LogP contribution in [0, 0.1) is 11.6 Å². The fourth-order valence-electron chi connectivity index (χ4n) is 2.46. The Balaban J connectivity index is 1.99. The summed E-state index contributed by atoms with van der Waals surface area (Å²) in [6.07, 6.45) is 0. The van der Waals surface area contributed by atoms with Gasteiger partial charge in [-0.05, 0) is 25.1 Å². The summed E-state index contributed by atoms with van der Waals surface area (Å²) in [7, 11) is 2.78. The van der Waals surface area contributed by atoms with Crippen molar-refractivity contribution in [2.75, 3.05) is 20.8 Å².